The molecule has 0 fully saturated rings. The van der Waals surface area contributed by atoms with E-state index in [2.05, 4.69) is 20.4 Å². The number of allylic oxidation sites excluding steroid dienone is 1. The van der Waals surface area contributed by atoms with Crippen LogP contribution >= 0.6 is 0 Å². The van der Waals surface area contributed by atoms with Crippen LogP contribution in [0.1, 0.15) is 57.9 Å². The molecular weight excluding hydrogens is 594 g/mol. The van der Waals surface area contributed by atoms with Gasteiger partial charge in [-0.05, 0) is 90.0 Å². The number of carboxylic acids is 1. The van der Waals surface area contributed by atoms with Crippen LogP contribution in [0.25, 0.3) is 22.3 Å². The number of nitrogens with zero attached hydrogens (tertiary/aromatic N) is 3. The second kappa shape index (κ2) is 14.2. The van der Waals surface area contributed by atoms with Gasteiger partial charge in [0.2, 0.25) is 0 Å². The monoisotopic (exact) mass is 631 g/mol. The van der Waals surface area contributed by atoms with E-state index in [0.717, 1.165) is 33.6 Å². The molecule has 1 N–H and O–H groups in total. The van der Waals surface area contributed by atoms with Gasteiger partial charge in [0.25, 0.3) is 5.56 Å². The number of carboxylic acid groups (broad SMARTS) is 1. The smallest absolute Gasteiger partial charge is 0.335 e. The van der Waals surface area contributed by atoms with Crippen molar-refractivity contribution in [3.05, 3.63) is 129 Å². The van der Waals surface area contributed by atoms with Gasteiger partial charge in [0.1, 0.15) is 12.4 Å². The summed E-state index contributed by atoms with van der Waals surface area (Å²) < 4.78 is 18.9. The number of hydrogen-bond donors (Lipinski definition) is 1. The standard InChI is InChI=1S/C38H37N3O6/c1-7-10-28-18-26(19-34(46-6)35(28)47-22-25-13-15-27(16-14-25)38(43)44)21-39-41-36(40-32-12-9-8-11-29(32)37(41)42)31-20-30(23(2)3)33(45-5)17-24(31)4/h7-9,11-21,23H,1,10,22H2,2-6H3,(H,43,44). The van der Waals surface area contributed by atoms with Crippen LogP contribution in [-0.4, -0.2) is 41.2 Å². The van der Waals surface area contributed by atoms with Crippen molar-refractivity contribution in [1.82, 2.24) is 9.66 Å². The molecule has 47 heavy (non-hydrogen) atoms. The van der Waals surface area contributed by atoms with E-state index < -0.39 is 5.97 Å². The Morgan fingerprint density at radius 1 is 1.02 bits per heavy atom. The third-order valence-electron chi connectivity index (χ3n) is 7.84. The summed E-state index contributed by atoms with van der Waals surface area (Å²) in [4.78, 5) is 30.0. The molecule has 4 aromatic carbocycles. The molecule has 0 amide bonds. The fraction of sp³-hybridized carbons (Fsp3) is 0.211. The molecule has 0 radical (unpaired) electrons. The Labute approximate surface area is 273 Å². The molecule has 0 aliphatic heterocycles. The van der Waals surface area contributed by atoms with Gasteiger partial charge in [-0.1, -0.05) is 44.2 Å². The second-order valence-corrected chi connectivity index (χ2v) is 11.4. The van der Waals surface area contributed by atoms with Gasteiger partial charge in [0, 0.05) is 11.1 Å². The summed E-state index contributed by atoms with van der Waals surface area (Å²) in [6, 6.07) is 21.4. The topological polar surface area (TPSA) is 112 Å². The summed E-state index contributed by atoms with van der Waals surface area (Å²) in [5.74, 6) is 1.39. The molecule has 0 bridgehead atoms. The van der Waals surface area contributed by atoms with Crippen LogP contribution in [0, 0.1) is 6.92 Å². The van der Waals surface area contributed by atoms with E-state index in [-0.39, 0.29) is 23.6 Å². The molecule has 1 heterocycles. The number of ether oxygens (including phenoxy) is 3. The van der Waals surface area contributed by atoms with E-state index in [1.54, 1.807) is 56.8 Å². The third kappa shape index (κ3) is 6.94. The maximum absolute atomic E-state index is 13.9. The first-order valence-electron chi connectivity index (χ1n) is 15.2. The maximum atomic E-state index is 13.9. The average Bonchev–Trinajstić information content (AvgIpc) is 3.07. The first-order valence-corrected chi connectivity index (χ1v) is 15.2. The van der Waals surface area contributed by atoms with E-state index in [9.17, 15) is 14.7 Å². The molecule has 0 saturated carbocycles. The van der Waals surface area contributed by atoms with Crippen LogP contribution in [0.5, 0.6) is 17.2 Å². The Bertz CT molecular complexity index is 2040. The number of fused-ring (bicyclic) bond motifs is 1. The highest BCUT2D eigenvalue weighted by Crippen LogP contribution is 2.35. The minimum atomic E-state index is -0.988. The Kier molecular flexibility index (Phi) is 9.85. The van der Waals surface area contributed by atoms with Crippen LogP contribution in [0.4, 0.5) is 0 Å². The number of carbonyl (C=O) groups is 1. The molecule has 5 aromatic rings. The Hall–Kier alpha value is -5.70. The van der Waals surface area contributed by atoms with Crippen molar-refractivity contribution in [2.45, 2.75) is 39.7 Å². The molecule has 5 rings (SSSR count). The predicted molar refractivity (Wildman–Crippen MR) is 184 cm³/mol. The van der Waals surface area contributed by atoms with E-state index in [0.29, 0.717) is 40.2 Å². The summed E-state index contributed by atoms with van der Waals surface area (Å²) >= 11 is 0. The number of aromatic carboxylic acids is 1. The average molecular weight is 632 g/mol. The lowest BCUT2D eigenvalue weighted by atomic mass is 9.96. The lowest BCUT2D eigenvalue weighted by molar-refractivity contribution is 0.0697. The largest absolute Gasteiger partial charge is 0.496 e. The maximum Gasteiger partial charge on any atom is 0.335 e. The fourth-order valence-corrected chi connectivity index (χ4v) is 5.38. The van der Waals surface area contributed by atoms with Gasteiger partial charge in [-0.25, -0.2) is 9.78 Å². The SMILES string of the molecule is C=CCc1cc(C=Nn2c(-c3cc(C(C)C)c(OC)cc3C)nc3ccccc3c2=O)cc(OC)c1OCc1ccc(C(=O)O)cc1. The fourth-order valence-electron chi connectivity index (χ4n) is 5.38. The first-order chi connectivity index (χ1) is 22.6. The van der Waals surface area contributed by atoms with Gasteiger partial charge in [-0.3, -0.25) is 4.79 Å². The number of rotatable bonds is 12. The molecule has 0 atom stereocenters. The van der Waals surface area contributed by atoms with Crippen molar-refractivity contribution < 1.29 is 24.1 Å². The van der Waals surface area contributed by atoms with Crippen molar-refractivity contribution in [2.75, 3.05) is 14.2 Å². The summed E-state index contributed by atoms with van der Waals surface area (Å²) in [5.41, 5.74) is 5.44. The summed E-state index contributed by atoms with van der Waals surface area (Å²) in [6.07, 6.45) is 3.85. The minimum Gasteiger partial charge on any atom is -0.496 e. The molecule has 0 aliphatic rings. The number of hydrogen-bond acceptors (Lipinski definition) is 7. The highest BCUT2D eigenvalue weighted by atomic mass is 16.5. The number of para-hydroxylation sites is 1. The zero-order valence-electron chi connectivity index (χ0n) is 27.1. The highest BCUT2D eigenvalue weighted by molar-refractivity contribution is 5.87. The van der Waals surface area contributed by atoms with Gasteiger partial charge >= 0.3 is 5.97 Å². The lowest BCUT2D eigenvalue weighted by Gasteiger charge is -2.17. The van der Waals surface area contributed by atoms with Crippen LogP contribution in [0.15, 0.2) is 95.3 Å². The first kappa shape index (κ1) is 32.7. The molecule has 0 saturated heterocycles. The molecule has 0 aliphatic carbocycles. The Morgan fingerprint density at radius 3 is 2.40 bits per heavy atom. The van der Waals surface area contributed by atoms with Crippen molar-refractivity contribution in [1.29, 1.82) is 0 Å². The van der Waals surface area contributed by atoms with Crippen molar-refractivity contribution >= 4 is 23.1 Å². The molecular formula is C38H37N3O6. The summed E-state index contributed by atoms with van der Waals surface area (Å²) in [6.45, 7) is 10.2. The Balaban J connectivity index is 1.59. The van der Waals surface area contributed by atoms with Crippen LogP contribution in [-0.2, 0) is 13.0 Å². The van der Waals surface area contributed by atoms with Crippen molar-refractivity contribution in [3.63, 3.8) is 0 Å². The normalized spacial score (nSPS) is 11.3. The predicted octanol–water partition coefficient (Wildman–Crippen LogP) is 7.40. The minimum absolute atomic E-state index is 0.175. The summed E-state index contributed by atoms with van der Waals surface area (Å²) in [7, 11) is 3.20. The number of benzene rings is 4. The van der Waals surface area contributed by atoms with E-state index >= 15 is 0 Å². The third-order valence-corrected chi connectivity index (χ3v) is 7.84. The highest BCUT2D eigenvalue weighted by Gasteiger charge is 2.19. The van der Waals surface area contributed by atoms with Gasteiger partial charge in [0.15, 0.2) is 17.3 Å². The lowest BCUT2D eigenvalue weighted by Crippen LogP contribution is -2.21. The molecule has 240 valence electrons. The van der Waals surface area contributed by atoms with Gasteiger partial charge < -0.3 is 19.3 Å². The summed E-state index contributed by atoms with van der Waals surface area (Å²) in [5, 5.41) is 14.3. The molecule has 0 spiro atoms. The van der Waals surface area contributed by atoms with Gasteiger partial charge in [0.05, 0.1) is 36.9 Å². The molecule has 9 heteroatoms. The number of methoxy groups -OCH3 is 2. The number of aryl methyl sites for hydroxylation is 1. The van der Waals surface area contributed by atoms with E-state index in [1.807, 2.05) is 37.3 Å². The van der Waals surface area contributed by atoms with Crippen molar-refractivity contribution in [2.24, 2.45) is 5.10 Å². The molecule has 1 aromatic heterocycles. The zero-order valence-corrected chi connectivity index (χ0v) is 27.1. The second-order valence-electron chi connectivity index (χ2n) is 11.4. The molecule has 0 unspecified atom stereocenters. The molecule has 9 nitrogen and oxygen atoms in total. The number of aromatic nitrogens is 2. The van der Waals surface area contributed by atoms with E-state index in [1.165, 1.54) is 16.8 Å². The van der Waals surface area contributed by atoms with Crippen LogP contribution in [0.3, 0.4) is 0 Å². The van der Waals surface area contributed by atoms with E-state index in [4.69, 9.17) is 24.3 Å². The quantitative estimate of drug-likeness (QED) is 0.113. The zero-order chi connectivity index (χ0) is 33.7. The van der Waals surface area contributed by atoms with Crippen LogP contribution < -0.4 is 19.8 Å². The van der Waals surface area contributed by atoms with Crippen LogP contribution in [0.2, 0.25) is 0 Å². The Morgan fingerprint density at radius 2 is 1.74 bits per heavy atom. The van der Waals surface area contributed by atoms with Gasteiger partial charge in [-0.2, -0.15) is 9.78 Å². The van der Waals surface area contributed by atoms with Gasteiger partial charge in [-0.15, -0.1) is 6.58 Å². The van der Waals surface area contributed by atoms with Crippen molar-refractivity contribution in [3.8, 4) is 28.6 Å².